The fraction of sp³-hybridized carbons (Fsp3) is 0.333. The van der Waals surface area contributed by atoms with Crippen LogP contribution in [0, 0.1) is 18.3 Å². The number of amides is 1. The summed E-state index contributed by atoms with van der Waals surface area (Å²) < 4.78 is 25.3. The Hall–Kier alpha value is -1.87. The molecule has 0 radical (unpaired) electrons. The summed E-state index contributed by atoms with van der Waals surface area (Å²) in [4.78, 5) is 11.2. The molecule has 0 unspecified atom stereocenters. The average molecular weight is 266 g/mol. The van der Waals surface area contributed by atoms with E-state index in [1.807, 2.05) is 6.07 Å². The third-order valence-electron chi connectivity index (χ3n) is 2.55. The van der Waals surface area contributed by atoms with Gasteiger partial charge in [0.25, 0.3) is 10.0 Å². The minimum atomic E-state index is -3.95. The molecular formula is C12H14N2O3S. The Bertz CT molecular complexity index is 615. The molecule has 18 heavy (non-hydrogen) atoms. The molecule has 6 heteroatoms. The van der Waals surface area contributed by atoms with Crippen molar-refractivity contribution in [3.8, 4) is 6.07 Å². The topological polar surface area (TPSA) is 78.2 Å². The highest BCUT2D eigenvalue weighted by molar-refractivity contribution is 7.89. The number of benzene rings is 1. The second-order valence-corrected chi connectivity index (χ2v) is 5.58. The second kappa shape index (κ2) is 5.19. The van der Waals surface area contributed by atoms with Gasteiger partial charge in [0.1, 0.15) is 11.0 Å². The van der Waals surface area contributed by atoms with Crippen LogP contribution in [-0.4, -0.2) is 25.2 Å². The molecule has 0 spiro atoms. The fourth-order valence-corrected chi connectivity index (χ4v) is 3.31. The van der Waals surface area contributed by atoms with Crippen molar-refractivity contribution in [2.45, 2.75) is 25.7 Å². The van der Waals surface area contributed by atoms with Crippen LogP contribution in [0.2, 0.25) is 0 Å². The smallest absolute Gasteiger partial charge is 0.267 e. The van der Waals surface area contributed by atoms with Crippen LogP contribution < -0.4 is 0 Å². The maximum atomic E-state index is 12.3. The van der Waals surface area contributed by atoms with Crippen molar-refractivity contribution in [1.29, 1.82) is 5.26 Å². The number of sulfonamides is 1. The Morgan fingerprint density at radius 3 is 2.50 bits per heavy atom. The number of nitrogens with zero attached hydrogens (tertiary/aromatic N) is 2. The standard InChI is InChI=1S/C12H14N2O3S/c1-4-14(10(3)15)18(16,17)12-7-5-6-9(2)11(12)8-13/h5-7H,4H2,1-3H3. The molecule has 0 bridgehead atoms. The molecule has 1 rings (SSSR count). The molecule has 0 saturated heterocycles. The lowest BCUT2D eigenvalue weighted by molar-refractivity contribution is -0.124. The van der Waals surface area contributed by atoms with Gasteiger partial charge in [0.15, 0.2) is 0 Å². The van der Waals surface area contributed by atoms with E-state index in [4.69, 9.17) is 5.26 Å². The summed E-state index contributed by atoms with van der Waals surface area (Å²) in [5.41, 5.74) is 0.649. The molecule has 1 aromatic rings. The first-order valence-corrected chi connectivity index (χ1v) is 6.83. The van der Waals surface area contributed by atoms with E-state index in [1.54, 1.807) is 26.0 Å². The van der Waals surface area contributed by atoms with Crippen molar-refractivity contribution in [3.63, 3.8) is 0 Å². The zero-order valence-electron chi connectivity index (χ0n) is 10.5. The normalized spacial score (nSPS) is 10.8. The highest BCUT2D eigenvalue weighted by Gasteiger charge is 2.28. The van der Waals surface area contributed by atoms with Crippen LogP contribution in [0.5, 0.6) is 0 Å². The maximum absolute atomic E-state index is 12.3. The van der Waals surface area contributed by atoms with Crippen LogP contribution in [0.3, 0.4) is 0 Å². The van der Waals surface area contributed by atoms with E-state index in [2.05, 4.69) is 0 Å². The van der Waals surface area contributed by atoms with Crippen LogP contribution in [0.25, 0.3) is 0 Å². The van der Waals surface area contributed by atoms with Gasteiger partial charge in [-0.05, 0) is 25.5 Å². The summed E-state index contributed by atoms with van der Waals surface area (Å²) in [6.45, 7) is 4.45. The third-order valence-corrected chi connectivity index (χ3v) is 4.54. The number of hydrogen-bond donors (Lipinski definition) is 0. The molecule has 5 nitrogen and oxygen atoms in total. The van der Waals surface area contributed by atoms with Crippen molar-refractivity contribution < 1.29 is 13.2 Å². The molecule has 0 heterocycles. The van der Waals surface area contributed by atoms with Gasteiger partial charge in [-0.2, -0.15) is 5.26 Å². The summed E-state index contributed by atoms with van der Waals surface area (Å²) in [6, 6.07) is 6.42. The largest absolute Gasteiger partial charge is 0.274 e. The molecule has 1 aromatic carbocycles. The number of rotatable bonds is 3. The number of nitriles is 1. The number of hydrogen-bond acceptors (Lipinski definition) is 4. The first-order chi connectivity index (χ1) is 8.36. The van der Waals surface area contributed by atoms with Crippen molar-refractivity contribution >= 4 is 15.9 Å². The minimum absolute atomic E-state index is 0.0382. The first kappa shape index (κ1) is 14.2. The van der Waals surface area contributed by atoms with Crippen LogP contribution in [0.15, 0.2) is 23.1 Å². The monoisotopic (exact) mass is 266 g/mol. The molecule has 0 fully saturated rings. The number of carbonyl (C=O) groups excluding carboxylic acids is 1. The molecule has 1 amide bonds. The van der Waals surface area contributed by atoms with Gasteiger partial charge < -0.3 is 0 Å². The van der Waals surface area contributed by atoms with Crippen LogP contribution in [0.4, 0.5) is 0 Å². The molecule has 0 atom stereocenters. The highest BCUT2D eigenvalue weighted by atomic mass is 32.2. The molecular weight excluding hydrogens is 252 g/mol. The molecule has 0 aliphatic rings. The van der Waals surface area contributed by atoms with Gasteiger partial charge in [-0.3, -0.25) is 4.79 Å². The quantitative estimate of drug-likeness (QED) is 0.829. The van der Waals surface area contributed by atoms with Crippen molar-refractivity contribution in [2.75, 3.05) is 6.54 Å². The summed E-state index contributed by atoms with van der Waals surface area (Å²) in [5, 5.41) is 9.04. The molecule has 0 N–H and O–H groups in total. The summed E-state index contributed by atoms with van der Waals surface area (Å²) >= 11 is 0. The lowest BCUT2D eigenvalue weighted by atomic mass is 10.1. The van der Waals surface area contributed by atoms with Crippen LogP contribution in [0.1, 0.15) is 25.0 Å². The van der Waals surface area contributed by atoms with Crippen LogP contribution in [-0.2, 0) is 14.8 Å². The van der Waals surface area contributed by atoms with Gasteiger partial charge in [-0.1, -0.05) is 12.1 Å². The van der Waals surface area contributed by atoms with E-state index in [1.165, 1.54) is 13.0 Å². The Balaban J connectivity index is 3.52. The summed E-state index contributed by atoms with van der Waals surface area (Å²) in [7, 11) is -3.95. The van der Waals surface area contributed by atoms with E-state index in [9.17, 15) is 13.2 Å². The predicted octanol–water partition coefficient (Wildman–Crippen LogP) is 1.42. The Morgan fingerprint density at radius 1 is 1.44 bits per heavy atom. The van der Waals surface area contributed by atoms with E-state index in [-0.39, 0.29) is 17.0 Å². The Kier molecular flexibility index (Phi) is 4.09. The zero-order chi connectivity index (χ0) is 13.9. The molecule has 0 saturated carbocycles. The molecule has 0 aromatic heterocycles. The molecule has 0 aliphatic carbocycles. The maximum Gasteiger partial charge on any atom is 0.267 e. The first-order valence-electron chi connectivity index (χ1n) is 5.39. The second-order valence-electron chi connectivity index (χ2n) is 3.75. The highest BCUT2D eigenvalue weighted by Crippen LogP contribution is 2.22. The van der Waals surface area contributed by atoms with Gasteiger partial charge in [0.05, 0.1) is 5.56 Å². The summed E-state index contributed by atoms with van der Waals surface area (Å²) in [5.74, 6) is -0.567. The average Bonchev–Trinajstić information content (AvgIpc) is 2.28. The predicted molar refractivity (Wildman–Crippen MR) is 66.1 cm³/mol. The minimum Gasteiger partial charge on any atom is -0.274 e. The van der Waals surface area contributed by atoms with Crippen molar-refractivity contribution in [2.24, 2.45) is 0 Å². The SMILES string of the molecule is CCN(C(C)=O)S(=O)(=O)c1cccc(C)c1C#N. The van der Waals surface area contributed by atoms with Gasteiger partial charge in [-0.15, -0.1) is 0 Å². The Labute approximate surface area is 107 Å². The van der Waals surface area contributed by atoms with Gasteiger partial charge in [0.2, 0.25) is 5.91 Å². The molecule has 96 valence electrons. The van der Waals surface area contributed by atoms with Crippen molar-refractivity contribution in [1.82, 2.24) is 4.31 Å². The van der Waals surface area contributed by atoms with Crippen LogP contribution >= 0.6 is 0 Å². The van der Waals surface area contributed by atoms with Gasteiger partial charge >= 0.3 is 0 Å². The lowest BCUT2D eigenvalue weighted by Gasteiger charge is -2.20. The van der Waals surface area contributed by atoms with E-state index >= 15 is 0 Å². The molecule has 0 aliphatic heterocycles. The zero-order valence-corrected chi connectivity index (χ0v) is 11.3. The fourth-order valence-electron chi connectivity index (χ4n) is 1.68. The number of carbonyl (C=O) groups is 1. The number of aryl methyl sites for hydroxylation is 1. The third kappa shape index (κ3) is 2.36. The summed E-state index contributed by atoms with van der Waals surface area (Å²) in [6.07, 6.45) is 0. The van der Waals surface area contributed by atoms with Crippen molar-refractivity contribution in [3.05, 3.63) is 29.3 Å². The van der Waals surface area contributed by atoms with E-state index in [0.29, 0.717) is 5.56 Å². The Morgan fingerprint density at radius 2 is 2.06 bits per heavy atom. The van der Waals surface area contributed by atoms with E-state index in [0.717, 1.165) is 4.31 Å². The lowest BCUT2D eigenvalue weighted by Crippen LogP contribution is -2.35. The van der Waals surface area contributed by atoms with Gasteiger partial charge in [-0.25, -0.2) is 12.7 Å². The van der Waals surface area contributed by atoms with Gasteiger partial charge in [0, 0.05) is 13.5 Å². The van der Waals surface area contributed by atoms with E-state index < -0.39 is 15.9 Å².